The van der Waals surface area contributed by atoms with Crippen molar-refractivity contribution in [1.82, 2.24) is 9.55 Å². The summed E-state index contributed by atoms with van der Waals surface area (Å²) in [4.78, 5) is 17.4. The first-order valence-electron chi connectivity index (χ1n) is 9.39. The van der Waals surface area contributed by atoms with E-state index in [1.807, 2.05) is 84.3 Å². The number of halogens is 1. The summed E-state index contributed by atoms with van der Waals surface area (Å²) in [6.45, 7) is 2.71. The van der Waals surface area contributed by atoms with Crippen molar-refractivity contribution in [3.8, 4) is 0 Å². The van der Waals surface area contributed by atoms with Gasteiger partial charge in [0.15, 0.2) is 0 Å². The minimum absolute atomic E-state index is 0.127. The third-order valence-corrected chi connectivity index (χ3v) is 4.96. The highest BCUT2D eigenvalue weighted by atomic mass is 35.5. The standard InChI is InChI=1S/C23H21ClN4O/c1-16-11-12-19(18(24)13-16)26-22(29)15-28-21-10-6-5-9-20(21)27-23(28)25-14-17-7-3-2-4-8-17/h2-13H,14-15H2,1H3,(H,25,27)(H,26,29). The third kappa shape index (κ3) is 4.41. The Bertz CT molecular complexity index is 1150. The van der Waals surface area contributed by atoms with E-state index in [9.17, 15) is 4.79 Å². The van der Waals surface area contributed by atoms with Crippen LogP contribution in [0.4, 0.5) is 11.6 Å². The molecule has 0 aliphatic rings. The van der Waals surface area contributed by atoms with Gasteiger partial charge in [-0.05, 0) is 42.3 Å². The molecule has 29 heavy (non-hydrogen) atoms. The van der Waals surface area contributed by atoms with Crippen molar-refractivity contribution >= 4 is 40.2 Å². The topological polar surface area (TPSA) is 59.0 Å². The highest BCUT2D eigenvalue weighted by Gasteiger charge is 2.14. The number of hydrogen-bond acceptors (Lipinski definition) is 3. The molecule has 1 heterocycles. The lowest BCUT2D eigenvalue weighted by Gasteiger charge is -2.12. The fraction of sp³-hybridized carbons (Fsp3) is 0.130. The fourth-order valence-corrected chi connectivity index (χ4v) is 3.48. The lowest BCUT2D eigenvalue weighted by molar-refractivity contribution is -0.116. The van der Waals surface area contributed by atoms with Crippen molar-refractivity contribution in [2.24, 2.45) is 0 Å². The van der Waals surface area contributed by atoms with Gasteiger partial charge in [0.1, 0.15) is 6.54 Å². The van der Waals surface area contributed by atoms with Crippen LogP contribution in [-0.2, 0) is 17.9 Å². The molecule has 0 bridgehead atoms. The molecule has 6 heteroatoms. The molecule has 0 aliphatic heterocycles. The first kappa shape index (κ1) is 19.0. The average Bonchev–Trinajstić information content (AvgIpc) is 3.07. The van der Waals surface area contributed by atoms with Crippen LogP contribution in [0.3, 0.4) is 0 Å². The number of carbonyl (C=O) groups excluding carboxylic acids is 1. The zero-order chi connectivity index (χ0) is 20.2. The minimum Gasteiger partial charge on any atom is -0.352 e. The third-order valence-electron chi connectivity index (χ3n) is 4.65. The van der Waals surface area contributed by atoms with Gasteiger partial charge in [-0.1, -0.05) is 60.1 Å². The Morgan fingerprint density at radius 1 is 1.03 bits per heavy atom. The summed E-state index contributed by atoms with van der Waals surface area (Å²) in [5.41, 5.74) is 4.52. The summed E-state index contributed by atoms with van der Waals surface area (Å²) < 4.78 is 1.88. The van der Waals surface area contributed by atoms with Gasteiger partial charge in [0.05, 0.1) is 21.7 Å². The molecule has 146 valence electrons. The van der Waals surface area contributed by atoms with Crippen molar-refractivity contribution in [2.45, 2.75) is 20.0 Å². The van der Waals surface area contributed by atoms with Gasteiger partial charge < -0.3 is 15.2 Å². The lowest BCUT2D eigenvalue weighted by atomic mass is 10.2. The molecule has 4 rings (SSSR count). The quantitative estimate of drug-likeness (QED) is 0.461. The Hall–Kier alpha value is -3.31. The van der Waals surface area contributed by atoms with Gasteiger partial charge in [-0.15, -0.1) is 0 Å². The van der Waals surface area contributed by atoms with Crippen LogP contribution in [0.1, 0.15) is 11.1 Å². The van der Waals surface area contributed by atoms with E-state index in [-0.39, 0.29) is 12.5 Å². The van der Waals surface area contributed by atoms with Gasteiger partial charge in [-0.2, -0.15) is 0 Å². The summed E-state index contributed by atoms with van der Waals surface area (Å²) in [6.07, 6.45) is 0. The van der Waals surface area contributed by atoms with E-state index in [2.05, 4.69) is 15.6 Å². The number of amides is 1. The molecule has 0 atom stereocenters. The predicted molar refractivity (Wildman–Crippen MR) is 118 cm³/mol. The number of anilines is 2. The molecule has 4 aromatic rings. The highest BCUT2D eigenvalue weighted by Crippen LogP contribution is 2.24. The number of fused-ring (bicyclic) bond motifs is 1. The smallest absolute Gasteiger partial charge is 0.244 e. The van der Waals surface area contributed by atoms with E-state index >= 15 is 0 Å². The SMILES string of the molecule is Cc1ccc(NC(=O)Cn2c(NCc3ccccc3)nc3ccccc32)c(Cl)c1. The van der Waals surface area contributed by atoms with E-state index in [0.717, 1.165) is 22.2 Å². The summed E-state index contributed by atoms with van der Waals surface area (Å²) >= 11 is 6.25. The molecular weight excluding hydrogens is 384 g/mol. The summed E-state index contributed by atoms with van der Waals surface area (Å²) in [5.74, 6) is 0.488. The molecular formula is C23H21ClN4O. The van der Waals surface area contributed by atoms with Gasteiger partial charge in [0.2, 0.25) is 11.9 Å². The van der Waals surface area contributed by atoms with Gasteiger partial charge in [-0.3, -0.25) is 4.79 Å². The predicted octanol–water partition coefficient (Wildman–Crippen LogP) is 5.25. The maximum atomic E-state index is 12.7. The molecule has 0 fully saturated rings. The molecule has 5 nitrogen and oxygen atoms in total. The minimum atomic E-state index is -0.165. The number of nitrogens with one attached hydrogen (secondary N) is 2. The maximum Gasteiger partial charge on any atom is 0.244 e. The molecule has 1 aromatic heterocycles. The fourth-order valence-electron chi connectivity index (χ4n) is 3.20. The molecule has 0 saturated heterocycles. The second-order valence-electron chi connectivity index (χ2n) is 6.88. The molecule has 0 unspecified atom stereocenters. The number of imidazole rings is 1. The Morgan fingerprint density at radius 2 is 1.79 bits per heavy atom. The Labute approximate surface area is 174 Å². The Kier molecular flexibility index (Phi) is 5.49. The zero-order valence-electron chi connectivity index (χ0n) is 16.0. The van der Waals surface area contributed by atoms with Crippen LogP contribution in [0.5, 0.6) is 0 Å². The first-order chi connectivity index (χ1) is 14.1. The normalized spacial score (nSPS) is 10.8. The van der Waals surface area contributed by atoms with Gasteiger partial charge in [-0.25, -0.2) is 4.98 Å². The molecule has 2 N–H and O–H groups in total. The van der Waals surface area contributed by atoms with Gasteiger partial charge >= 0.3 is 0 Å². The summed E-state index contributed by atoms with van der Waals surface area (Å²) in [5, 5.41) is 6.77. The number of rotatable bonds is 6. The monoisotopic (exact) mass is 404 g/mol. The number of benzene rings is 3. The maximum absolute atomic E-state index is 12.7. The van der Waals surface area contributed by atoms with E-state index in [1.165, 1.54) is 0 Å². The van der Waals surface area contributed by atoms with Crippen LogP contribution < -0.4 is 10.6 Å². The van der Waals surface area contributed by atoms with Crippen molar-refractivity contribution in [3.63, 3.8) is 0 Å². The van der Waals surface area contributed by atoms with E-state index < -0.39 is 0 Å². The molecule has 0 aliphatic carbocycles. The van der Waals surface area contributed by atoms with Crippen molar-refractivity contribution in [1.29, 1.82) is 0 Å². The molecule has 0 radical (unpaired) electrons. The average molecular weight is 405 g/mol. The number of carbonyl (C=O) groups is 1. The van der Waals surface area contributed by atoms with Gasteiger partial charge in [0, 0.05) is 6.54 Å². The number of aryl methyl sites for hydroxylation is 1. The lowest BCUT2D eigenvalue weighted by Crippen LogP contribution is -2.20. The van der Waals surface area contributed by atoms with Crippen molar-refractivity contribution in [3.05, 3.63) is 88.9 Å². The molecule has 0 saturated carbocycles. The Balaban J connectivity index is 1.57. The molecule has 0 spiro atoms. The number of hydrogen-bond donors (Lipinski definition) is 2. The second-order valence-corrected chi connectivity index (χ2v) is 7.29. The van der Waals surface area contributed by atoms with Crippen molar-refractivity contribution < 1.29 is 4.79 Å². The van der Waals surface area contributed by atoms with E-state index in [0.29, 0.717) is 23.2 Å². The molecule has 1 amide bonds. The second kappa shape index (κ2) is 8.37. The van der Waals surface area contributed by atoms with E-state index in [1.54, 1.807) is 0 Å². The van der Waals surface area contributed by atoms with Crippen LogP contribution in [-0.4, -0.2) is 15.5 Å². The summed E-state index contributed by atoms with van der Waals surface area (Å²) in [7, 11) is 0. The Morgan fingerprint density at radius 3 is 2.59 bits per heavy atom. The van der Waals surface area contributed by atoms with Crippen LogP contribution in [0, 0.1) is 6.92 Å². The number of para-hydroxylation sites is 2. The number of nitrogens with zero attached hydrogens (tertiary/aromatic N) is 2. The number of aromatic nitrogens is 2. The molecule has 3 aromatic carbocycles. The van der Waals surface area contributed by atoms with E-state index in [4.69, 9.17) is 11.6 Å². The van der Waals surface area contributed by atoms with Crippen LogP contribution >= 0.6 is 11.6 Å². The highest BCUT2D eigenvalue weighted by molar-refractivity contribution is 6.33. The van der Waals surface area contributed by atoms with Crippen LogP contribution in [0.25, 0.3) is 11.0 Å². The zero-order valence-corrected chi connectivity index (χ0v) is 16.8. The van der Waals surface area contributed by atoms with Crippen molar-refractivity contribution in [2.75, 3.05) is 10.6 Å². The largest absolute Gasteiger partial charge is 0.352 e. The van der Waals surface area contributed by atoms with Gasteiger partial charge in [0.25, 0.3) is 0 Å². The van der Waals surface area contributed by atoms with Crippen LogP contribution in [0.15, 0.2) is 72.8 Å². The summed E-state index contributed by atoms with van der Waals surface area (Å²) in [6, 6.07) is 23.4. The van der Waals surface area contributed by atoms with Crippen LogP contribution in [0.2, 0.25) is 5.02 Å². The first-order valence-corrected chi connectivity index (χ1v) is 9.77.